The van der Waals surface area contributed by atoms with E-state index < -0.39 is 0 Å². The lowest BCUT2D eigenvalue weighted by molar-refractivity contribution is -0.0772. The monoisotopic (exact) mass is 301 g/mol. The number of nitrogens with two attached hydrogens (primary N) is 1. The highest BCUT2D eigenvalue weighted by molar-refractivity contribution is 9.10. The maximum absolute atomic E-state index is 6.32. The molecule has 3 nitrogen and oxygen atoms in total. The van der Waals surface area contributed by atoms with Crippen LogP contribution in [0.25, 0.3) is 0 Å². The fraction of sp³-hybridized carbons (Fsp3) is 0.692. The van der Waals surface area contributed by atoms with Crippen LogP contribution < -0.4 is 5.73 Å². The third kappa shape index (κ3) is 2.59. The summed E-state index contributed by atoms with van der Waals surface area (Å²) < 4.78 is 12.3. The zero-order valence-corrected chi connectivity index (χ0v) is 12.4. The topological polar surface area (TPSA) is 48.4 Å². The van der Waals surface area contributed by atoms with Crippen molar-refractivity contribution in [2.75, 3.05) is 0 Å². The lowest BCUT2D eigenvalue weighted by Gasteiger charge is -2.30. The Hall–Kier alpha value is -0.320. The minimum Gasteiger partial charge on any atom is -0.453 e. The molecule has 2 rings (SSSR count). The summed E-state index contributed by atoms with van der Waals surface area (Å²) in [5.74, 6) is 1.08. The summed E-state index contributed by atoms with van der Waals surface area (Å²) in [4.78, 5) is 0. The molecule has 1 aliphatic heterocycles. The molecule has 0 aromatic carbocycles. The first kappa shape index (κ1) is 13.1. The van der Waals surface area contributed by atoms with Gasteiger partial charge in [-0.2, -0.15) is 0 Å². The van der Waals surface area contributed by atoms with Gasteiger partial charge in [-0.15, -0.1) is 0 Å². The Bertz CT molecular complexity index is 411. The summed E-state index contributed by atoms with van der Waals surface area (Å²) in [5.41, 5.74) is 5.98. The average molecular weight is 302 g/mol. The van der Waals surface area contributed by atoms with Gasteiger partial charge >= 0.3 is 0 Å². The van der Waals surface area contributed by atoms with Crippen LogP contribution in [0, 0.1) is 5.92 Å². The van der Waals surface area contributed by atoms with Crippen molar-refractivity contribution in [2.45, 2.75) is 51.4 Å². The molecule has 2 heterocycles. The predicted octanol–water partition coefficient (Wildman–Crippen LogP) is 3.64. The second kappa shape index (κ2) is 4.11. The number of rotatable bonds is 2. The van der Waals surface area contributed by atoms with E-state index in [0.717, 1.165) is 16.9 Å². The standard InChI is InChI=1S/C13H20BrNO2/c1-12(2)7-8(13(3,4)17-12)11(15)9-5-6-10(14)16-9/h5-6,8,11H,7,15H2,1-4H3. The van der Waals surface area contributed by atoms with Gasteiger partial charge in [-0.3, -0.25) is 0 Å². The molecule has 0 aliphatic carbocycles. The molecule has 0 bridgehead atoms. The molecule has 2 unspecified atom stereocenters. The maximum atomic E-state index is 6.32. The van der Waals surface area contributed by atoms with E-state index in [1.807, 2.05) is 12.1 Å². The Labute approximate surface area is 111 Å². The van der Waals surface area contributed by atoms with Crippen LogP contribution in [0.15, 0.2) is 21.2 Å². The Balaban J connectivity index is 2.23. The van der Waals surface area contributed by atoms with Gasteiger partial charge in [0.05, 0.1) is 17.2 Å². The third-order valence-electron chi connectivity index (χ3n) is 3.50. The van der Waals surface area contributed by atoms with Crippen LogP contribution in [-0.2, 0) is 4.74 Å². The predicted molar refractivity (Wildman–Crippen MR) is 70.7 cm³/mol. The van der Waals surface area contributed by atoms with Gasteiger partial charge in [-0.25, -0.2) is 0 Å². The fourth-order valence-corrected chi connectivity index (χ4v) is 3.19. The fourth-order valence-electron chi connectivity index (χ4n) is 2.87. The number of ether oxygens (including phenoxy) is 1. The molecule has 17 heavy (non-hydrogen) atoms. The van der Waals surface area contributed by atoms with E-state index in [0.29, 0.717) is 0 Å². The first-order valence-electron chi connectivity index (χ1n) is 5.92. The molecule has 0 spiro atoms. The van der Waals surface area contributed by atoms with E-state index >= 15 is 0 Å². The van der Waals surface area contributed by atoms with Crippen molar-refractivity contribution in [1.29, 1.82) is 0 Å². The highest BCUT2D eigenvalue weighted by Crippen LogP contribution is 2.47. The van der Waals surface area contributed by atoms with Gasteiger partial charge < -0.3 is 14.9 Å². The first-order valence-corrected chi connectivity index (χ1v) is 6.71. The Morgan fingerprint density at radius 2 is 2.00 bits per heavy atom. The van der Waals surface area contributed by atoms with Crippen molar-refractivity contribution in [1.82, 2.24) is 0 Å². The minimum atomic E-state index is -0.220. The zero-order valence-electron chi connectivity index (χ0n) is 10.8. The molecule has 2 atom stereocenters. The second-order valence-electron chi connectivity index (χ2n) is 5.94. The van der Waals surface area contributed by atoms with Crippen molar-refractivity contribution in [3.8, 4) is 0 Å². The molecule has 1 aromatic rings. The Morgan fingerprint density at radius 1 is 1.35 bits per heavy atom. The molecule has 2 N–H and O–H groups in total. The van der Waals surface area contributed by atoms with E-state index in [9.17, 15) is 0 Å². The normalized spacial score (nSPS) is 28.2. The van der Waals surface area contributed by atoms with Crippen molar-refractivity contribution in [3.63, 3.8) is 0 Å². The second-order valence-corrected chi connectivity index (χ2v) is 6.73. The number of hydrogen-bond donors (Lipinski definition) is 1. The molecule has 4 heteroatoms. The molecule has 1 aliphatic rings. The van der Waals surface area contributed by atoms with Crippen molar-refractivity contribution < 1.29 is 9.15 Å². The maximum Gasteiger partial charge on any atom is 0.169 e. The van der Waals surface area contributed by atoms with Crippen LogP contribution in [-0.4, -0.2) is 11.2 Å². The lowest BCUT2D eigenvalue weighted by Crippen LogP contribution is -2.35. The summed E-state index contributed by atoms with van der Waals surface area (Å²) in [6, 6.07) is 3.68. The van der Waals surface area contributed by atoms with Gasteiger partial charge in [0.2, 0.25) is 0 Å². The SMILES string of the molecule is CC1(C)CC(C(N)c2ccc(Br)o2)C(C)(C)O1. The first-order chi connectivity index (χ1) is 7.71. The quantitative estimate of drug-likeness (QED) is 0.907. The molecule has 1 fully saturated rings. The molecule has 0 amide bonds. The van der Waals surface area contributed by atoms with E-state index in [4.69, 9.17) is 14.9 Å². The highest BCUT2D eigenvalue weighted by Gasteiger charge is 2.49. The van der Waals surface area contributed by atoms with Crippen LogP contribution in [0.2, 0.25) is 0 Å². The van der Waals surface area contributed by atoms with Crippen LogP contribution in [0.4, 0.5) is 0 Å². The molecule has 1 saturated heterocycles. The van der Waals surface area contributed by atoms with Gasteiger partial charge in [-0.05, 0) is 62.2 Å². The van der Waals surface area contributed by atoms with E-state index in [2.05, 4.69) is 43.6 Å². The largest absolute Gasteiger partial charge is 0.453 e. The Kier molecular flexibility index (Phi) is 3.17. The van der Waals surface area contributed by atoms with Gasteiger partial charge in [0.15, 0.2) is 4.67 Å². The van der Waals surface area contributed by atoms with Crippen molar-refractivity contribution >= 4 is 15.9 Å². The molecular formula is C13H20BrNO2. The molecular weight excluding hydrogens is 282 g/mol. The lowest BCUT2D eigenvalue weighted by atomic mass is 9.81. The van der Waals surface area contributed by atoms with Crippen LogP contribution in [0.1, 0.15) is 45.9 Å². The molecule has 0 saturated carbocycles. The number of furan rings is 1. The molecule has 96 valence electrons. The summed E-state index contributed by atoms with van der Waals surface area (Å²) in [6.45, 7) is 8.42. The average Bonchev–Trinajstić information content (AvgIpc) is 2.66. The van der Waals surface area contributed by atoms with Gasteiger partial charge in [0, 0.05) is 5.92 Å². The summed E-state index contributed by atoms with van der Waals surface area (Å²) >= 11 is 3.31. The van der Waals surface area contributed by atoms with Crippen LogP contribution in [0.5, 0.6) is 0 Å². The minimum absolute atomic E-state index is 0.115. The highest BCUT2D eigenvalue weighted by atomic mass is 79.9. The molecule has 1 aromatic heterocycles. The summed E-state index contributed by atoms with van der Waals surface area (Å²) in [7, 11) is 0. The number of hydrogen-bond acceptors (Lipinski definition) is 3. The van der Waals surface area contributed by atoms with Crippen molar-refractivity contribution in [3.05, 3.63) is 22.6 Å². The van der Waals surface area contributed by atoms with E-state index in [1.165, 1.54) is 0 Å². The van der Waals surface area contributed by atoms with Gasteiger partial charge in [0.25, 0.3) is 0 Å². The zero-order chi connectivity index (χ0) is 12.8. The van der Waals surface area contributed by atoms with E-state index in [-0.39, 0.29) is 23.2 Å². The summed E-state index contributed by atoms with van der Waals surface area (Å²) in [5, 5.41) is 0. The van der Waals surface area contributed by atoms with Gasteiger partial charge in [0.1, 0.15) is 5.76 Å². The van der Waals surface area contributed by atoms with Gasteiger partial charge in [-0.1, -0.05) is 0 Å². The number of halogens is 1. The summed E-state index contributed by atoms with van der Waals surface area (Å²) in [6.07, 6.45) is 0.944. The molecule has 0 radical (unpaired) electrons. The van der Waals surface area contributed by atoms with Crippen molar-refractivity contribution in [2.24, 2.45) is 11.7 Å². The van der Waals surface area contributed by atoms with Crippen LogP contribution in [0.3, 0.4) is 0 Å². The van der Waals surface area contributed by atoms with Crippen LogP contribution >= 0.6 is 15.9 Å². The van der Waals surface area contributed by atoms with E-state index in [1.54, 1.807) is 0 Å². The Morgan fingerprint density at radius 3 is 2.41 bits per heavy atom. The third-order valence-corrected chi connectivity index (χ3v) is 3.93. The smallest absolute Gasteiger partial charge is 0.169 e.